The number of likely N-dealkylation sites (tertiary alicyclic amines) is 1. The Morgan fingerprint density at radius 2 is 1.96 bits per heavy atom. The van der Waals surface area contributed by atoms with Gasteiger partial charge in [0.25, 0.3) is 5.56 Å². The molecule has 15 heteroatoms. The highest BCUT2D eigenvalue weighted by Gasteiger charge is 2.64. The number of thiophene rings is 1. The summed E-state index contributed by atoms with van der Waals surface area (Å²) in [6, 6.07) is 10.2. The van der Waals surface area contributed by atoms with E-state index in [9.17, 15) is 33.1 Å². The molecule has 0 unspecified atom stereocenters. The summed E-state index contributed by atoms with van der Waals surface area (Å²) in [4.78, 5) is 35.3. The van der Waals surface area contributed by atoms with Gasteiger partial charge in [-0.05, 0) is 70.7 Å². The molecule has 5 heterocycles. The van der Waals surface area contributed by atoms with Gasteiger partial charge in [-0.3, -0.25) is 14.7 Å². The zero-order valence-corrected chi connectivity index (χ0v) is 29.4. The molecule has 2 fully saturated rings. The van der Waals surface area contributed by atoms with Crippen molar-refractivity contribution in [1.82, 2.24) is 19.7 Å². The lowest BCUT2D eigenvalue weighted by atomic mass is 9.95. The monoisotopic (exact) mass is 722 g/mol. The number of halogens is 3. The van der Waals surface area contributed by atoms with Gasteiger partial charge < -0.3 is 19.5 Å². The van der Waals surface area contributed by atoms with Crippen LogP contribution in [0.2, 0.25) is 0 Å². The quantitative estimate of drug-likeness (QED) is 0.255. The first-order valence-electron chi connectivity index (χ1n) is 16.7. The molecular formula is C36H37F3N6O5S. The number of hydrogen-bond acceptors (Lipinski definition) is 10. The number of benzene rings is 1. The number of fused-ring (bicyclic) bond motifs is 2. The van der Waals surface area contributed by atoms with Gasteiger partial charge >= 0.3 is 12.3 Å². The van der Waals surface area contributed by atoms with Gasteiger partial charge in [0, 0.05) is 46.9 Å². The Labute approximate surface area is 295 Å². The minimum absolute atomic E-state index is 0.0342. The molecule has 0 spiro atoms. The molecule has 4 aromatic rings. The number of aromatic nitrogens is 3. The molecule has 3 aromatic heterocycles. The molecule has 7 rings (SSSR count). The fourth-order valence-electron chi connectivity index (χ4n) is 7.20. The van der Waals surface area contributed by atoms with E-state index in [0.717, 1.165) is 32.9 Å². The van der Waals surface area contributed by atoms with Crippen molar-refractivity contribution in [3.63, 3.8) is 0 Å². The van der Waals surface area contributed by atoms with Crippen molar-refractivity contribution in [3.05, 3.63) is 69.1 Å². The van der Waals surface area contributed by atoms with E-state index in [1.165, 1.54) is 11.3 Å². The number of pyridine rings is 1. The molecule has 1 saturated carbocycles. The van der Waals surface area contributed by atoms with Crippen LogP contribution in [0.1, 0.15) is 63.0 Å². The number of aliphatic hydroxyl groups excluding tert-OH is 1. The molecule has 268 valence electrons. The minimum Gasteiger partial charge on any atom is -0.489 e. The molecule has 11 nitrogen and oxygen atoms in total. The summed E-state index contributed by atoms with van der Waals surface area (Å²) in [6.45, 7) is 8.13. The molecule has 1 saturated heterocycles. The fraction of sp³-hybridized carbons (Fsp3) is 0.472. The summed E-state index contributed by atoms with van der Waals surface area (Å²) in [5, 5.41) is 24.6. The number of aliphatic hydroxyl groups is 1. The number of carbonyl (C=O) groups excluding carboxylic acids is 1. The minimum atomic E-state index is -4.45. The van der Waals surface area contributed by atoms with Crippen LogP contribution >= 0.6 is 11.3 Å². The third kappa shape index (κ3) is 6.18. The number of alkyl halides is 3. The highest BCUT2D eigenvalue weighted by molar-refractivity contribution is 7.19. The third-order valence-corrected chi connectivity index (χ3v) is 11.1. The number of rotatable bonds is 6. The van der Waals surface area contributed by atoms with Crippen LogP contribution in [0.5, 0.6) is 5.75 Å². The molecule has 2 aliphatic heterocycles. The van der Waals surface area contributed by atoms with Crippen LogP contribution in [0.4, 0.5) is 23.7 Å². The summed E-state index contributed by atoms with van der Waals surface area (Å²) >= 11 is 1.37. The van der Waals surface area contributed by atoms with Crippen LogP contribution < -0.4 is 15.2 Å². The van der Waals surface area contributed by atoms with Crippen molar-refractivity contribution in [2.75, 3.05) is 31.2 Å². The van der Waals surface area contributed by atoms with Crippen LogP contribution in [-0.4, -0.2) is 80.5 Å². The van der Waals surface area contributed by atoms with Crippen molar-refractivity contribution in [2.24, 2.45) is 0 Å². The predicted octanol–water partition coefficient (Wildman–Crippen LogP) is 5.99. The molecule has 2 atom stereocenters. The molecular weight excluding hydrogens is 685 g/mol. The van der Waals surface area contributed by atoms with E-state index in [1.807, 2.05) is 19.1 Å². The molecule has 3 aliphatic rings. The first-order chi connectivity index (χ1) is 24.1. The molecule has 1 N–H and O–H groups in total. The lowest BCUT2D eigenvalue weighted by Crippen LogP contribution is -2.49. The second-order valence-electron chi connectivity index (χ2n) is 14.7. The van der Waals surface area contributed by atoms with Crippen LogP contribution in [-0.2, 0) is 16.7 Å². The maximum Gasteiger partial charge on any atom is 0.410 e. The molecule has 0 bridgehead atoms. The second kappa shape index (κ2) is 12.2. The van der Waals surface area contributed by atoms with E-state index in [2.05, 4.69) is 21.1 Å². The van der Waals surface area contributed by atoms with E-state index < -0.39 is 34.4 Å². The van der Waals surface area contributed by atoms with Gasteiger partial charge in [0.2, 0.25) is 0 Å². The first-order valence-corrected chi connectivity index (χ1v) is 17.5. The van der Waals surface area contributed by atoms with Crippen LogP contribution in [0.25, 0.3) is 21.3 Å². The van der Waals surface area contributed by atoms with Gasteiger partial charge in [0.15, 0.2) is 0 Å². The fourth-order valence-corrected chi connectivity index (χ4v) is 8.32. The average Bonchev–Trinajstić information content (AvgIpc) is 3.69. The Morgan fingerprint density at radius 1 is 1.20 bits per heavy atom. The summed E-state index contributed by atoms with van der Waals surface area (Å²) < 4.78 is 54.8. The Balaban J connectivity index is 1.25. The van der Waals surface area contributed by atoms with Crippen molar-refractivity contribution < 1.29 is 32.5 Å². The van der Waals surface area contributed by atoms with Crippen LogP contribution in [0, 0.1) is 11.3 Å². The van der Waals surface area contributed by atoms with Crippen molar-refractivity contribution >= 4 is 33.3 Å². The lowest BCUT2D eigenvalue weighted by molar-refractivity contribution is -0.160. The zero-order chi connectivity index (χ0) is 36.5. The standard InChI is InChI=1S/C36H37F3N6O5S/c1-33(2,3)50-32(48)44-18-23(15-34(44,4)20-46)43-9-10-49-28-12-21(16-40)11-26(30(28)43)25-5-8-41-27-14-24(51-31(25)27)19-45-29(47)13-22(17-42-45)35(6-7-35)36(37,38)39/h5,8,11-14,17,23,46H,6-7,9-10,15,18-20H2,1-4H3/t23-,34+/m0/s1. The van der Waals surface area contributed by atoms with Gasteiger partial charge in [0.1, 0.15) is 18.0 Å². The maximum absolute atomic E-state index is 13.7. The number of ether oxygens (including phenoxy) is 2. The molecule has 1 aromatic carbocycles. The number of amides is 1. The van der Waals surface area contributed by atoms with E-state index in [1.54, 1.807) is 44.0 Å². The number of hydrogen-bond donors (Lipinski definition) is 1. The number of anilines is 1. The van der Waals surface area contributed by atoms with Crippen LogP contribution in [0.3, 0.4) is 0 Å². The predicted molar refractivity (Wildman–Crippen MR) is 184 cm³/mol. The highest BCUT2D eigenvalue weighted by Crippen LogP contribution is 2.58. The van der Waals surface area contributed by atoms with Gasteiger partial charge in [-0.2, -0.15) is 23.5 Å². The van der Waals surface area contributed by atoms with Gasteiger partial charge in [0.05, 0.1) is 64.4 Å². The van der Waals surface area contributed by atoms with E-state index >= 15 is 0 Å². The average molecular weight is 723 g/mol. The number of carbonyl (C=O) groups is 1. The lowest BCUT2D eigenvalue weighted by Gasteiger charge is -2.37. The first kappa shape index (κ1) is 34.8. The smallest absolute Gasteiger partial charge is 0.410 e. The van der Waals surface area contributed by atoms with Gasteiger partial charge in [-0.25, -0.2) is 9.48 Å². The zero-order valence-electron chi connectivity index (χ0n) is 28.6. The van der Waals surface area contributed by atoms with E-state index in [-0.39, 0.29) is 37.6 Å². The van der Waals surface area contributed by atoms with E-state index in [4.69, 9.17) is 9.47 Å². The van der Waals surface area contributed by atoms with Gasteiger partial charge in [-0.1, -0.05) is 0 Å². The maximum atomic E-state index is 13.7. The molecule has 51 heavy (non-hydrogen) atoms. The second-order valence-corrected chi connectivity index (χ2v) is 15.9. The SMILES string of the molecule is CC(C)(C)OC(=O)N1C[C@@H](N2CCOc3cc(C#N)cc(-c4ccnc5cc(Cn6ncc(C7(C(F)(F)F)CC7)cc6=O)sc45)c32)C[C@]1(C)CO. The largest absolute Gasteiger partial charge is 0.489 e. The Hall–Kier alpha value is -4.68. The molecule has 1 amide bonds. The van der Waals surface area contributed by atoms with Crippen molar-refractivity contribution in [2.45, 2.75) is 82.3 Å². The highest BCUT2D eigenvalue weighted by atomic mass is 32.1. The van der Waals surface area contributed by atoms with Gasteiger partial charge in [-0.15, -0.1) is 11.3 Å². The number of nitriles is 1. The van der Waals surface area contributed by atoms with Crippen molar-refractivity contribution in [1.29, 1.82) is 5.26 Å². The Kier molecular flexibility index (Phi) is 8.33. The molecule has 1 aliphatic carbocycles. The van der Waals surface area contributed by atoms with E-state index in [0.29, 0.717) is 53.4 Å². The van der Waals surface area contributed by atoms with Crippen LogP contribution in [0.15, 0.2) is 47.5 Å². The third-order valence-electron chi connectivity index (χ3n) is 9.97. The Morgan fingerprint density at radius 3 is 2.61 bits per heavy atom. The summed E-state index contributed by atoms with van der Waals surface area (Å²) in [6.07, 6.45) is -1.82. The normalized spacial score (nSPS) is 21.3. The summed E-state index contributed by atoms with van der Waals surface area (Å²) in [5.41, 5.74) is -1.07. The Bertz CT molecular complexity index is 2130. The summed E-state index contributed by atoms with van der Waals surface area (Å²) in [5.74, 6) is 0.515. The van der Waals surface area contributed by atoms with Crippen molar-refractivity contribution in [3.8, 4) is 22.9 Å². The topological polar surface area (TPSA) is 134 Å². The summed E-state index contributed by atoms with van der Waals surface area (Å²) in [7, 11) is 0. The molecule has 0 radical (unpaired) electrons. The number of nitrogens with zero attached hydrogens (tertiary/aromatic N) is 6.